The van der Waals surface area contributed by atoms with Gasteiger partial charge in [-0.25, -0.2) is 4.79 Å². The first-order valence-electron chi connectivity index (χ1n) is 9.20. The van der Waals surface area contributed by atoms with Crippen molar-refractivity contribution >= 4 is 5.97 Å². The van der Waals surface area contributed by atoms with Gasteiger partial charge in [-0.3, -0.25) is 0 Å². The summed E-state index contributed by atoms with van der Waals surface area (Å²) in [5, 5.41) is 0. The highest BCUT2D eigenvalue weighted by Gasteiger charge is 2.29. The Kier molecular flexibility index (Phi) is 7.02. The summed E-state index contributed by atoms with van der Waals surface area (Å²) in [6, 6.07) is 16.4. The largest absolute Gasteiger partial charge is 0.496 e. The summed E-state index contributed by atoms with van der Waals surface area (Å²) >= 11 is 0. The number of ether oxygens (including phenoxy) is 2. The lowest BCUT2D eigenvalue weighted by atomic mass is 9.72. The van der Waals surface area contributed by atoms with Gasteiger partial charge < -0.3 is 9.47 Å². The van der Waals surface area contributed by atoms with Crippen molar-refractivity contribution < 1.29 is 14.3 Å². The monoisotopic (exact) mass is 352 g/mol. The Bertz CT molecular complexity index is 758. The first-order chi connectivity index (χ1) is 12.6. The summed E-state index contributed by atoms with van der Waals surface area (Å²) in [7, 11) is 1.69. The van der Waals surface area contributed by atoms with Gasteiger partial charge in [0, 0.05) is 17.1 Å². The number of esters is 1. The van der Waals surface area contributed by atoms with E-state index in [1.54, 1.807) is 13.2 Å². The third kappa shape index (κ3) is 4.16. The van der Waals surface area contributed by atoms with E-state index in [2.05, 4.69) is 32.0 Å². The highest BCUT2D eigenvalue weighted by Crippen LogP contribution is 2.41. The Labute approximate surface area is 156 Å². The van der Waals surface area contributed by atoms with Crippen molar-refractivity contribution in [1.29, 1.82) is 0 Å². The molecule has 0 radical (unpaired) electrons. The molecule has 0 bridgehead atoms. The van der Waals surface area contributed by atoms with Gasteiger partial charge in [-0.05, 0) is 37.0 Å². The Hall–Kier alpha value is -2.55. The molecule has 0 aliphatic carbocycles. The van der Waals surface area contributed by atoms with Crippen LogP contribution in [-0.2, 0) is 14.9 Å². The summed E-state index contributed by atoms with van der Waals surface area (Å²) in [5.74, 6) is 0.545. The van der Waals surface area contributed by atoms with E-state index in [4.69, 9.17) is 9.47 Å². The number of allylic oxidation sites excluding steroid dienone is 1. The molecule has 2 rings (SSSR count). The van der Waals surface area contributed by atoms with Crippen LogP contribution in [-0.4, -0.2) is 19.7 Å². The third-order valence-corrected chi connectivity index (χ3v) is 4.95. The number of para-hydroxylation sites is 1. The lowest BCUT2D eigenvalue weighted by Crippen LogP contribution is -2.23. The number of benzene rings is 2. The van der Waals surface area contributed by atoms with Crippen LogP contribution in [0.3, 0.4) is 0 Å². The molecule has 0 spiro atoms. The molecule has 0 saturated carbocycles. The second-order valence-electron chi connectivity index (χ2n) is 6.19. The van der Waals surface area contributed by atoms with Gasteiger partial charge in [0.2, 0.25) is 0 Å². The lowest BCUT2D eigenvalue weighted by Gasteiger charge is -2.31. The van der Waals surface area contributed by atoms with E-state index in [1.807, 2.05) is 43.3 Å². The molecule has 2 aromatic carbocycles. The van der Waals surface area contributed by atoms with Crippen LogP contribution in [0.25, 0.3) is 11.1 Å². The van der Waals surface area contributed by atoms with Crippen LogP contribution < -0.4 is 4.74 Å². The highest BCUT2D eigenvalue weighted by molar-refractivity contribution is 5.82. The van der Waals surface area contributed by atoms with Gasteiger partial charge in [0.05, 0.1) is 13.7 Å². The maximum Gasteiger partial charge on any atom is 0.330 e. The van der Waals surface area contributed by atoms with Gasteiger partial charge in [0.25, 0.3) is 0 Å². The molecule has 138 valence electrons. The summed E-state index contributed by atoms with van der Waals surface area (Å²) in [5.41, 5.74) is 3.13. The fourth-order valence-electron chi connectivity index (χ4n) is 3.39. The van der Waals surface area contributed by atoms with Crippen LogP contribution in [0.2, 0.25) is 0 Å². The molecule has 0 atom stereocenters. The van der Waals surface area contributed by atoms with E-state index in [0.29, 0.717) is 6.61 Å². The molecule has 0 unspecified atom stereocenters. The van der Waals surface area contributed by atoms with Crippen LogP contribution in [0.15, 0.2) is 60.7 Å². The zero-order chi connectivity index (χ0) is 19.0. The van der Waals surface area contributed by atoms with Crippen molar-refractivity contribution in [2.45, 2.75) is 39.0 Å². The number of rotatable bonds is 8. The quantitative estimate of drug-likeness (QED) is 0.462. The molecule has 0 aliphatic rings. The molecule has 0 fully saturated rings. The molecule has 3 heteroatoms. The Morgan fingerprint density at radius 3 is 2.19 bits per heavy atom. The molecule has 0 amide bonds. The lowest BCUT2D eigenvalue weighted by molar-refractivity contribution is -0.137. The summed E-state index contributed by atoms with van der Waals surface area (Å²) < 4.78 is 10.6. The second-order valence-corrected chi connectivity index (χ2v) is 6.19. The maximum absolute atomic E-state index is 11.9. The number of carbonyl (C=O) groups excluding carboxylic acids is 1. The topological polar surface area (TPSA) is 35.5 Å². The molecule has 3 nitrogen and oxygen atoms in total. The number of carbonyl (C=O) groups is 1. The highest BCUT2D eigenvalue weighted by atomic mass is 16.5. The van der Waals surface area contributed by atoms with Crippen molar-refractivity contribution in [2.75, 3.05) is 13.7 Å². The van der Waals surface area contributed by atoms with Gasteiger partial charge >= 0.3 is 5.97 Å². The fraction of sp³-hybridized carbons (Fsp3) is 0.348. The van der Waals surface area contributed by atoms with E-state index in [0.717, 1.165) is 29.7 Å². The van der Waals surface area contributed by atoms with Crippen LogP contribution in [0.1, 0.15) is 39.2 Å². The second kappa shape index (κ2) is 9.23. The minimum atomic E-state index is -0.298. The van der Waals surface area contributed by atoms with Crippen LogP contribution in [0.4, 0.5) is 0 Å². The molecule has 0 saturated heterocycles. The van der Waals surface area contributed by atoms with E-state index < -0.39 is 0 Å². The van der Waals surface area contributed by atoms with Crippen molar-refractivity contribution in [3.63, 3.8) is 0 Å². The standard InChI is InChI=1S/C23H28O3/c1-5-23(6-2,17-16-22(24)26-7-3)20-14-10-8-12-18(20)19-13-9-11-15-21(19)25-4/h8-17H,5-7H2,1-4H3/b17-16+. The maximum atomic E-state index is 11.9. The predicted molar refractivity (Wildman–Crippen MR) is 106 cm³/mol. The fourth-order valence-corrected chi connectivity index (χ4v) is 3.39. The summed E-state index contributed by atoms with van der Waals surface area (Å²) in [6.45, 7) is 6.50. The average Bonchev–Trinajstić information content (AvgIpc) is 2.69. The van der Waals surface area contributed by atoms with Crippen LogP contribution >= 0.6 is 0 Å². The van der Waals surface area contributed by atoms with Gasteiger partial charge in [0.15, 0.2) is 0 Å². The molecular weight excluding hydrogens is 324 g/mol. The van der Waals surface area contributed by atoms with Gasteiger partial charge in [0.1, 0.15) is 5.75 Å². The number of methoxy groups -OCH3 is 1. The van der Waals surface area contributed by atoms with E-state index in [1.165, 1.54) is 5.56 Å². The van der Waals surface area contributed by atoms with E-state index in [-0.39, 0.29) is 11.4 Å². The molecular formula is C23H28O3. The van der Waals surface area contributed by atoms with E-state index in [9.17, 15) is 4.79 Å². The summed E-state index contributed by atoms with van der Waals surface area (Å²) in [4.78, 5) is 11.9. The number of hydrogen-bond acceptors (Lipinski definition) is 3. The van der Waals surface area contributed by atoms with Crippen molar-refractivity contribution in [1.82, 2.24) is 0 Å². The average molecular weight is 352 g/mol. The summed E-state index contributed by atoms with van der Waals surface area (Å²) in [6.07, 6.45) is 5.33. The first-order valence-corrected chi connectivity index (χ1v) is 9.20. The van der Waals surface area contributed by atoms with Gasteiger partial charge in [-0.15, -0.1) is 0 Å². The van der Waals surface area contributed by atoms with Crippen LogP contribution in [0, 0.1) is 0 Å². The zero-order valence-corrected chi connectivity index (χ0v) is 16.1. The van der Waals surface area contributed by atoms with Crippen LogP contribution in [0.5, 0.6) is 5.75 Å². The van der Waals surface area contributed by atoms with Crippen molar-refractivity contribution in [2.24, 2.45) is 0 Å². The SMILES string of the molecule is CCOC(=O)/C=C/C(CC)(CC)c1ccccc1-c1ccccc1OC. The third-order valence-electron chi connectivity index (χ3n) is 4.95. The minimum Gasteiger partial charge on any atom is -0.496 e. The smallest absolute Gasteiger partial charge is 0.330 e. The predicted octanol–water partition coefficient (Wildman–Crippen LogP) is 5.54. The normalized spacial score (nSPS) is 11.5. The number of hydrogen-bond donors (Lipinski definition) is 0. The Balaban J connectivity index is 2.59. The van der Waals surface area contributed by atoms with Crippen molar-refractivity contribution in [3.05, 3.63) is 66.2 Å². The molecule has 2 aromatic rings. The molecule has 26 heavy (non-hydrogen) atoms. The Morgan fingerprint density at radius 1 is 0.962 bits per heavy atom. The van der Waals surface area contributed by atoms with Crippen molar-refractivity contribution in [3.8, 4) is 16.9 Å². The molecule has 0 aliphatic heterocycles. The Morgan fingerprint density at radius 2 is 1.58 bits per heavy atom. The molecule has 0 heterocycles. The minimum absolute atomic E-state index is 0.246. The van der Waals surface area contributed by atoms with E-state index >= 15 is 0 Å². The zero-order valence-electron chi connectivity index (χ0n) is 16.1. The van der Waals surface area contributed by atoms with Gasteiger partial charge in [-0.2, -0.15) is 0 Å². The first kappa shape index (κ1) is 19.8. The molecule has 0 aromatic heterocycles. The molecule has 0 N–H and O–H groups in total. The van der Waals surface area contributed by atoms with Gasteiger partial charge in [-0.1, -0.05) is 62.4 Å².